The number of carbonyl (C=O) groups excluding carboxylic acids is 2. The van der Waals surface area contributed by atoms with Crippen LogP contribution >= 0.6 is 0 Å². The van der Waals surface area contributed by atoms with E-state index in [9.17, 15) is 9.59 Å². The summed E-state index contributed by atoms with van der Waals surface area (Å²) in [4.78, 5) is 23.6. The number of amides is 2. The molecule has 2 amide bonds. The van der Waals surface area contributed by atoms with Crippen molar-refractivity contribution in [3.8, 4) is 0 Å². The predicted molar refractivity (Wildman–Crippen MR) is 95.0 cm³/mol. The lowest BCUT2D eigenvalue weighted by Crippen LogP contribution is -2.43. The van der Waals surface area contributed by atoms with Crippen molar-refractivity contribution >= 4 is 23.2 Å². The summed E-state index contributed by atoms with van der Waals surface area (Å²) in [5, 5.41) is 8.95. The molecule has 6 heteroatoms. The summed E-state index contributed by atoms with van der Waals surface area (Å²) in [5.41, 5.74) is 1.46. The molecule has 2 atom stereocenters. The summed E-state index contributed by atoms with van der Waals surface area (Å²) in [5.74, 6) is 0.336. The maximum atomic E-state index is 12.1. The topological polar surface area (TPSA) is 79.5 Å². The van der Waals surface area contributed by atoms with E-state index >= 15 is 0 Å². The highest BCUT2D eigenvalue weighted by molar-refractivity contribution is 5.92. The van der Waals surface area contributed by atoms with E-state index in [-0.39, 0.29) is 31.0 Å². The van der Waals surface area contributed by atoms with E-state index in [1.165, 1.54) is 26.4 Å². The third-order valence-electron chi connectivity index (χ3n) is 4.33. The van der Waals surface area contributed by atoms with E-state index in [1.807, 2.05) is 12.1 Å². The number of hydrogen-bond donors (Lipinski definition) is 3. The van der Waals surface area contributed by atoms with Crippen molar-refractivity contribution in [2.24, 2.45) is 5.92 Å². The molecule has 0 aromatic heterocycles. The van der Waals surface area contributed by atoms with Gasteiger partial charge in [0.2, 0.25) is 11.8 Å². The number of anilines is 2. The minimum absolute atomic E-state index is 0.00238. The summed E-state index contributed by atoms with van der Waals surface area (Å²) >= 11 is 0. The Kier molecular flexibility index (Phi) is 7.06. The van der Waals surface area contributed by atoms with Crippen LogP contribution in [-0.4, -0.2) is 38.1 Å². The fraction of sp³-hybridized carbons (Fsp3) is 0.556. The van der Waals surface area contributed by atoms with Gasteiger partial charge in [-0.05, 0) is 37.0 Å². The van der Waals surface area contributed by atoms with Crippen molar-refractivity contribution in [2.45, 2.75) is 38.6 Å². The van der Waals surface area contributed by atoms with Crippen LogP contribution in [0.2, 0.25) is 0 Å². The minimum Gasteiger partial charge on any atom is -0.376 e. The van der Waals surface area contributed by atoms with Gasteiger partial charge in [0.05, 0.1) is 6.54 Å². The van der Waals surface area contributed by atoms with E-state index in [2.05, 4.69) is 22.9 Å². The molecular weight excluding hydrogens is 306 g/mol. The lowest BCUT2D eigenvalue weighted by molar-refractivity contribution is -0.121. The number of rotatable bonds is 7. The number of benzene rings is 1. The van der Waals surface area contributed by atoms with E-state index in [1.54, 1.807) is 12.1 Å². The van der Waals surface area contributed by atoms with Crippen LogP contribution in [0.1, 0.15) is 32.6 Å². The highest BCUT2D eigenvalue weighted by Crippen LogP contribution is 2.23. The molecule has 24 heavy (non-hydrogen) atoms. The molecule has 0 radical (unpaired) electrons. The molecule has 2 rings (SSSR count). The fourth-order valence-corrected chi connectivity index (χ4v) is 3.01. The number of ether oxygens (including phenoxy) is 1. The number of nitrogens with one attached hydrogen (secondary N) is 3. The predicted octanol–water partition coefficient (Wildman–Crippen LogP) is 2.38. The number of methoxy groups -OCH3 is 1. The Morgan fingerprint density at radius 3 is 2.67 bits per heavy atom. The molecule has 132 valence electrons. The molecule has 1 saturated carbocycles. The lowest BCUT2D eigenvalue weighted by atomic mass is 9.86. The number of carbonyl (C=O) groups is 2. The zero-order chi connectivity index (χ0) is 17.4. The molecule has 0 unspecified atom stereocenters. The smallest absolute Gasteiger partial charge is 0.250 e. The Morgan fingerprint density at radius 2 is 1.92 bits per heavy atom. The summed E-state index contributed by atoms with van der Waals surface area (Å²) in [6, 6.07) is 7.56. The van der Waals surface area contributed by atoms with Crippen molar-refractivity contribution in [2.75, 3.05) is 30.9 Å². The average molecular weight is 333 g/mol. The third kappa shape index (κ3) is 5.85. The molecule has 0 aliphatic heterocycles. The van der Waals surface area contributed by atoms with Crippen LogP contribution in [0.4, 0.5) is 11.4 Å². The van der Waals surface area contributed by atoms with Gasteiger partial charge in [0.25, 0.3) is 0 Å². The first-order valence-electron chi connectivity index (χ1n) is 8.50. The summed E-state index contributed by atoms with van der Waals surface area (Å²) < 4.78 is 4.79. The maximum Gasteiger partial charge on any atom is 0.250 e. The molecule has 1 aliphatic carbocycles. The van der Waals surface area contributed by atoms with Gasteiger partial charge >= 0.3 is 0 Å². The van der Waals surface area contributed by atoms with E-state index in [0.29, 0.717) is 11.6 Å². The van der Waals surface area contributed by atoms with Gasteiger partial charge in [-0.3, -0.25) is 9.59 Å². The summed E-state index contributed by atoms with van der Waals surface area (Å²) in [6.45, 7) is 2.43. The molecule has 1 aliphatic rings. The number of hydrogen-bond acceptors (Lipinski definition) is 4. The molecule has 0 bridgehead atoms. The van der Waals surface area contributed by atoms with Crippen LogP contribution in [-0.2, 0) is 14.3 Å². The Balaban J connectivity index is 1.80. The molecule has 0 saturated heterocycles. The van der Waals surface area contributed by atoms with Crippen molar-refractivity contribution in [3.05, 3.63) is 24.3 Å². The quantitative estimate of drug-likeness (QED) is 0.716. The molecular formula is C18H27N3O3. The van der Waals surface area contributed by atoms with Gasteiger partial charge in [-0.25, -0.2) is 0 Å². The normalized spacial score (nSPS) is 20.2. The van der Waals surface area contributed by atoms with E-state index < -0.39 is 0 Å². The second-order valence-electron chi connectivity index (χ2n) is 6.35. The maximum absolute atomic E-state index is 12.1. The molecule has 6 nitrogen and oxygen atoms in total. The molecule has 1 fully saturated rings. The zero-order valence-corrected chi connectivity index (χ0v) is 14.4. The van der Waals surface area contributed by atoms with Gasteiger partial charge in [-0.2, -0.15) is 0 Å². The van der Waals surface area contributed by atoms with Crippen LogP contribution in [0.5, 0.6) is 0 Å². The van der Waals surface area contributed by atoms with Crippen LogP contribution in [0.25, 0.3) is 0 Å². The Labute approximate surface area is 143 Å². The van der Waals surface area contributed by atoms with Crippen molar-refractivity contribution in [3.63, 3.8) is 0 Å². The monoisotopic (exact) mass is 333 g/mol. The van der Waals surface area contributed by atoms with Crippen LogP contribution in [0, 0.1) is 5.92 Å². The van der Waals surface area contributed by atoms with Gasteiger partial charge < -0.3 is 20.7 Å². The zero-order valence-electron chi connectivity index (χ0n) is 14.4. The van der Waals surface area contributed by atoms with Crippen molar-refractivity contribution in [1.82, 2.24) is 5.32 Å². The first kappa shape index (κ1) is 18.3. The van der Waals surface area contributed by atoms with Crippen LogP contribution < -0.4 is 16.0 Å². The first-order chi connectivity index (χ1) is 11.6. The fourth-order valence-electron chi connectivity index (χ4n) is 3.01. The highest BCUT2D eigenvalue weighted by Gasteiger charge is 2.22. The van der Waals surface area contributed by atoms with Gasteiger partial charge in [0, 0.05) is 24.5 Å². The summed E-state index contributed by atoms with van der Waals surface area (Å²) in [7, 11) is 1.48. The first-order valence-corrected chi connectivity index (χ1v) is 8.50. The van der Waals surface area contributed by atoms with Crippen LogP contribution in [0.15, 0.2) is 24.3 Å². The highest BCUT2D eigenvalue weighted by atomic mass is 16.5. The third-order valence-corrected chi connectivity index (χ3v) is 4.33. The standard InChI is InChI=1S/C18H27N3O3/c1-13-6-3-4-9-16(13)21-17(22)11-19-14-7-5-8-15(10-14)20-18(23)12-24-2/h5,7-8,10,13,16,19H,3-4,6,9,11-12H2,1-2H3,(H,20,23)(H,21,22)/t13-,16+/m0/s1. The second kappa shape index (κ2) is 9.27. The summed E-state index contributed by atoms with van der Waals surface area (Å²) in [6.07, 6.45) is 4.69. The second-order valence-corrected chi connectivity index (χ2v) is 6.35. The van der Waals surface area contributed by atoms with Gasteiger partial charge in [-0.15, -0.1) is 0 Å². The van der Waals surface area contributed by atoms with Gasteiger partial charge in [-0.1, -0.05) is 25.8 Å². The van der Waals surface area contributed by atoms with Crippen molar-refractivity contribution in [1.29, 1.82) is 0 Å². The Bertz CT molecular complexity index is 562. The van der Waals surface area contributed by atoms with Gasteiger partial charge in [0.1, 0.15) is 6.61 Å². The molecule has 1 aromatic carbocycles. The van der Waals surface area contributed by atoms with Gasteiger partial charge in [0.15, 0.2) is 0 Å². The van der Waals surface area contributed by atoms with E-state index in [4.69, 9.17) is 4.74 Å². The molecule has 0 heterocycles. The average Bonchev–Trinajstić information content (AvgIpc) is 2.56. The molecule has 0 spiro atoms. The molecule has 1 aromatic rings. The Hall–Kier alpha value is -2.08. The largest absolute Gasteiger partial charge is 0.376 e. The molecule has 3 N–H and O–H groups in total. The minimum atomic E-state index is -0.210. The van der Waals surface area contributed by atoms with E-state index in [0.717, 1.165) is 12.1 Å². The van der Waals surface area contributed by atoms with Crippen LogP contribution in [0.3, 0.4) is 0 Å². The van der Waals surface area contributed by atoms with Crippen molar-refractivity contribution < 1.29 is 14.3 Å². The Morgan fingerprint density at radius 1 is 1.17 bits per heavy atom. The SMILES string of the molecule is COCC(=O)Nc1cccc(NCC(=O)N[C@@H]2CCCC[C@@H]2C)c1. The lowest BCUT2D eigenvalue weighted by Gasteiger charge is -2.29.